The molecule has 4 amide bonds. The molecule has 4 fully saturated rings. The van der Waals surface area contributed by atoms with Crippen molar-refractivity contribution in [2.24, 2.45) is 17.6 Å². The van der Waals surface area contributed by atoms with Crippen LogP contribution in [0.1, 0.15) is 108 Å². The molecule has 0 unspecified atom stereocenters. The molecule has 3 saturated carbocycles. The molecule has 2 heterocycles. The maximum atomic E-state index is 13.0. The van der Waals surface area contributed by atoms with E-state index in [1.165, 1.54) is 0 Å². The minimum atomic E-state index is -0.447. The van der Waals surface area contributed by atoms with Crippen molar-refractivity contribution in [2.45, 2.75) is 133 Å². The smallest absolute Gasteiger partial charge is 0.226 e. The molecule has 5 N–H and O–H groups in total. The van der Waals surface area contributed by atoms with Gasteiger partial charge in [0.25, 0.3) is 0 Å². The van der Waals surface area contributed by atoms with E-state index in [-0.39, 0.29) is 72.3 Å². The molecule has 5 rings (SSSR count). The average Bonchev–Trinajstić information content (AvgIpc) is 3.40. The number of amides is 4. The number of rotatable bonds is 14. The van der Waals surface area contributed by atoms with E-state index in [0.29, 0.717) is 32.6 Å². The number of nitrogens with one attached hydrogen (secondary N) is 3. The molecule has 48 heavy (non-hydrogen) atoms. The number of likely N-dealkylation sites (tertiary alicyclic amines) is 1. The van der Waals surface area contributed by atoms with Crippen LogP contribution in [0.5, 0.6) is 0 Å². The number of carbonyl (C=O) groups is 4. The fourth-order valence-corrected chi connectivity index (χ4v) is 7.87. The minimum Gasteiger partial charge on any atom is -0.378 e. The van der Waals surface area contributed by atoms with Gasteiger partial charge in [0.05, 0.1) is 30.8 Å². The number of carbonyl (C=O) groups excluding carboxylic acids is 4. The summed E-state index contributed by atoms with van der Waals surface area (Å²) in [6.07, 6.45) is 15.9. The fourth-order valence-electron chi connectivity index (χ4n) is 7.87. The molecule has 3 aliphatic carbocycles. The Balaban J connectivity index is 0.872. The zero-order valence-electron chi connectivity index (χ0n) is 28.6. The number of nitrogens with two attached hydrogens (primary N) is 1. The molecular weight excluding hydrogens is 612 g/mol. The lowest BCUT2D eigenvalue weighted by Gasteiger charge is -2.31. The summed E-state index contributed by atoms with van der Waals surface area (Å²) in [7, 11) is 1.74. The quantitative estimate of drug-likeness (QED) is 0.220. The lowest BCUT2D eigenvalue weighted by Crippen LogP contribution is -2.45. The molecule has 266 valence electrons. The van der Waals surface area contributed by atoms with E-state index in [0.717, 1.165) is 82.6 Å². The van der Waals surface area contributed by atoms with Crippen molar-refractivity contribution in [1.82, 2.24) is 25.8 Å². The molecule has 2 atom stereocenters. The predicted octanol–water partition coefficient (Wildman–Crippen LogP) is 2.90. The Morgan fingerprint density at radius 3 is 2.19 bits per heavy atom. The van der Waals surface area contributed by atoms with Crippen LogP contribution >= 0.6 is 0 Å². The van der Waals surface area contributed by atoms with Gasteiger partial charge in [-0.15, -0.1) is 0 Å². The zero-order chi connectivity index (χ0) is 33.9. The van der Waals surface area contributed by atoms with E-state index in [1.807, 2.05) is 12.1 Å². The van der Waals surface area contributed by atoms with Crippen molar-refractivity contribution in [3.8, 4) is 0 Å². The van der Waals surface area contributed by atoms with Crippen LogP contribution in [0.2, 0.25) is 0 Å². The second-order valence-electron chi connectivity index (χ2n) is 14.3. The Morgan fingerprint density at radius 2 is 1.52 bits per heavy atom. The number of hydrogen-bond donors (Lipinski definition) is 4. The van der Waals surface area contributed by atoms with Gasteiger partial charge in [-0.05, 0) is 95.1 Å². The van der Waals surface area contributed by atoms with Gasteiger partial charge >= 0.3 is 0 Å². The van der Waals surface area contributed by atoms with Crippen molar-refractivity contribution in [2.75, 3.05) is 26.8 Å². The molecule has 1 saturated heterocycles. The summed E-state index contributed by atoms with van der Waals surface area (Å²) in [6, 6.07) is 4.10. The van der Waals surface area contributed by atoms with Crippen LogP contribution in [0, 0.1) is 11.8 Å². The highest BCUT2D eigenvalue weighted by atomic mass is 16.5. The maximum absolute atomic E-state index is 13.0. The van der Waals surface area contributed by atoms with Crippen LogP contribution in [0.25, 0.3) is 0 Å². The van der Waals surface area contributed by atoms with Gasteiger partial charge in [-0.2, -0.15) is 0 Å². The molecule has 0 radical (unpaired) electrons. The Labute approximate surface area is 285 Å². The van der Waals surface area contributed by atoms with Crippen LogP contribution in [0.3, 0.4) is 0 Å². The zero-order valence-corrected chi connectivity index (χ0v) is 28.6. The van der Waals surface area contributed by atoms with Crippen LogP contribution in [0.4, 0.5) is 0 Å². The average molecular weight is 669 g/mol. The van der Waals surface area contributed by atoms with E-state index in [9.17, 15) is 19.2 Å². The third kappa shape index (κ3) is 10.5. The molecule has 0 spiro atoms. The highest BCUT2D eigenvalue weighted by Gasteiger charge is 2.42. The number of hydrogen-bond acceptors (Lipinski definition) is 8. The van der Waals surface area contributed by atoms with Gasteiger partial charge < -0.3 is 36.1 Å². The molecule has 1 aromatic rings. The van der Waals surface area contributed by atoms with Gasteiger partial charge in [-0.3, -0.25) is 24.2 Å². The van der Waals surface area contributed by atoms with Crippen LogP contribution in [0.15, 0.2) is 24.5 Å². The Hall–Kier alpha value is -3.09. The Kier molecular flexibility index (Phi) is 13.6. The summed E-state index contributed by atoms with van der Waals surface area (Å²) in [6.45, 7) is 1.39. The summed E-state index contributed by atoms with van der Waals surface area (Å²) >= 11 is 0. The van der Waals surface area contributed by atoms with Crippen LogP contribution in [-0.4, -0.2) is 90.7 Å². The monoisotopic (exact) mass is 668 g/mol. The van der Waals surface area contributed by atoms with Gasteiger partial charge in [-0.1, -0.05) is 6.07 Å². The van der Waals surface area contributed by atoms with Gasteiger partial charge in [0.2, 0.25) is 23.6 Å². The third-order valence-electron chi connectivity index (χ3n) is 10.8. The first-order valence-corrected chi connectivity index (χ1v) is 18.3. The van der Waals surface area contributed by atoms with Gasteiger partial charge in [0.15, 0.2) is 0 Å². The molecule has 1 aromatic heterocycles. The lowest BCUT2D eigenvalue weighted by molar-refractivity contribution is -0.128. The van der Waals surface area contributed by atoms with E-state index < -0.39 is 5.92 Å². The second kappa shape index (κ2) is 18.1. The highest BCUT2D eigenvalue weighted by molar-refractivity contribution is 5.90. The van der Waals surface area contributed by atoms with Crippen molar-refractivity contribution < 1.29 is 28.7 Å². The third-order valence-corrected chi connectivity index (χ3v) is 10.8. The van der Waals surface area contributed by atoms with Gasteiger partial charge in [-0.25, -0.2) is 0 Å². The summed E-state index contributed by atoms with van der Waals surface area (Å²) in [5.41, 5.74) is 6.85. The Bertz CT molecular complexity index is 1190. The van der Waals surface area contributed by atoms with Crippen molar-refractivity contribution >= 4 is 23.6 Å². The number of aromatic nitrogens is 1. The fraction of sp³-hybridized carbons (Fsp3) is 0.750. The van der Waals surface area contributed by atoms with Gasteiger partial charge in [0.1, 0.15) is 0 Å². The Morgan fingerprint density at radius 1 is 0.875 bits per heavy atom. The van der Waals surface area contributed by atoms with Crippen molar-refractivity contribution in [3.05, 3.63) is 30.1 Å². The normalized spacial score (nSPS) is 30.9. The molecule has 12 nitrogen and oxygen atoms in total. The lowest BCUT2D eigenvalue weighted by atomic mass is 9.84. The molecular formula is C36H56N6O6. The molecule has 0 bridgehead atoms. The topological polar surface area (TPSA) is 165 Å². The highest BCUT2D eigenvalue weighted by Crippen LogP contribution is 2.36. The first kappa shape index (κ1) is 36.2. The number of nitrogens with zero attached hydrogens (tertiary/aromatic N) is 2. The van der Waals surface area contributed by atoms with E-state index in [1.54, 1.807) is 24.3 Å². The number of ether oxygens (including phenoxy) is 2. The summed E-state index contributed by atoms with van der Waals surface area (Å²) in [4.78, 5) is 56.4. The van der Waals surface area contributed by atoms with Crippen molar-refractivity contribution in [3.63, 3.8) is 0 Å². The summed E-state index contributed by atoms with van der Waals surface area (Å²) in [5, 5.41) is 9.36. The van der Waals surface area contributed by atoms with Crippen molar-refractivity contribution in [1.29, 1.82) is 0 Å². The molecule has 1 aliphatic heterocycles. The largest absolute Gasteiger partial charge is 0.378 e. The minimum absolute atomic E-state index is 0.0418. The van der Waals surface area contributed by atoms with Crippen LogP contribution in [-0.2, 0) is 28.7 Å². The first-order chi connectivity index (χ1) is 23.3. The standard InChI is InChI=1S/C36H56N6O6/c1-42-33(44)22-31(34(42)25-4-2-18-38-23-25)36(46)39-19-21-48-30-16-14-29(15-17-30)47-20-3-5-32(43)40-27-10-6-24(7-11-27)35(45)41-28-12-8-26(37)9-13-28/h2,4,18,23-24,26-31,34H,3,5-17,19-22,37H2,1H3,(H,39,46)(H,40,43)(H,41,45)/t24?,26?,27?,28?,29?,30?,31-,34+/m0/s1. The summed E-state index contributed by atoms with van der Waals surface area (Å²) in [5.74, 6) is -0.342. The number of pyridine rings is 1. The maximum Gasteiger partial charge on any atom is 0.226 e. The summed E-state index contributed by atoms with van der Waals surface area (Å²) < 4.78 is 12.1. The van der Waals surface area contributed by atoms with E-state index in [4.69, 9.17) is 15.2 Å². The molecule has 12 heteroatoms. The van der Waals surface area contributed by atoms with Gasteiger partial charge in [0, 0.05) is 69.5 Å². The first-order valence-electron chi connectivity index (χ1n) is 18.3. The molecule has 4 aliphatic rings. The molecule has 0 aromatic carbocycles. The van der Waals surface area contributed by atoms with Crippen LogP contribution < -0.4 is 21.7 Å². The SMILES string of the molecule is CN1C(=O)C[C@H](C(=O)NCCOC2CCC(OCCCC(=O)NC3CCC(C(=O)NC4CCC(N)CC4)CC3)CC2)[C@H]1c1cccnc1. The predicted molar refractivity (Wildman–Crippen MR) is 180 cm³/mol. The second-order valence-corrected chi connectivity index (χ2v) is 14.3. The van der Waals surface area contributed by atoms with E-state index in [2.05, 4.69) is 20.9 Å². The van der Waals surface area contributed by atoms with E-state index >= 15 is 0 Å².